The lowest BCUT2D eigenvalue weighted by Crippen LogP contribution is -2.01. The minimum absolute atomic E-state index is 0.109. The van der Waals surface area contributed by atoms with Crippen LogP contribution in [0.1, 0.15) is 10.4 Å². The van der Waals surface area contributed by atoms with Crippen LogP contribution in [0.4, 0.5) is 0 Å². The fourth-order valence-electron chi connectivity index (χ4n) is 1.83. The number of nitrogens with zero attached hydrogens (tertiary/aromatic N) is 3. The van der Waals surface area contributed by atoms with Gasteiger partial charge in [-0.2, -0.15) is 0 Å². The molecule has 0 saturated heterocycles. The van der Waals surface area contributed by atoms with Gasteiger partial charge in [0.1, 0.15) is 11.9 Å². The van der Waals surface area contributed by atoms with Crippen molar-refractivity contribution in [1.29, 1.82) is 0 Å². The molecule has 0 aliphatic heterocycles. The second-order valence-corrected chi connectivity index (χ2v) is 4.03. The predicted octanol–water partition coefficient (Wildman–Crippen LogP) is 2.23. The number of pyridine rings is 1. The van der Waals surface area contributed by atoms with Crippen LogP contribution in [0.2, 0.25) is 5.02 Å². The number of hydrogen-bond acceptors (Lipinski definition) is 3. The van der Waals surface area contributed by atoms with Gasteiger partial charge >= 0.3 is 5.97 Å². The fourth-order valence-corrected chi connectivity index (χ4v) is 2.01. The number of carboxylic acids is 1. The lowest BCUT2D eigenvalue weighted by Gasteiger charge is -2.04. The van der Waals surface area contributed by atoms with Crippen molar-refractivity contribution in [2.45, 2.75) is 0 Å². The van der Waals surface area contributed by atoms with Gasteiger partial charge in [-0.15, -0.1) is 10.2 Å². The van der Waals surface area contributed by atoms with Crippen LogP contribution >= 0.6 is 11.6 Å². The summed E-state index contributed by atoms with van der Waals surface area (Å²) in [7, 11) is 0. The first-order valence-corrected chi connectivity index (χ1v) is 5.20. The van der Waals surface area contributed by atoms with Gasteiger partial charge in [-0.3, -0.25) is 4.40 Å². The molecule has 0 radical (unpaired) electrons. The van der Waals surface area contributed by atoms with Crippen molar-refractivity contribution in [2.24, 2.45) is 0 Å². The Morgan fingerprint density at radius 3 is 2.94 bits per heavy atom. The number of fused-ring (bicyclic) bond motifs is 3. The molecule has 3 aromatic rings. The minimum Gasteiger partial charge on any atom is -0.478 e. The Hall–Kier alpha value is -2.14. The van der Waals surface area contributed by atoms with Crippen LogP contribution in [-0.4, -0.2) is 25.7 Å². The van der Waals surface area contributed by atoms with Crippen molar-refractivity contribution < 1.29 is 9.90 Å². The molecule has 0 bridgehead atoms. The molecular weight excluding hydrogens is 242 g/mol. The maximum atomic E-state index is 11.1. The van der Waals surface area contributed by atoms with E-state index in [0.717, 1.165) is 10.9 Å². The summed E-state index contributed by atoms with van der Waals surface area (Å²) in [6, 6.07) is 6.81. The summed E-state index contributed by atoms with van der Waals surface area (Å²) in [5.74, 6) is -1.04. The first-order valence-electron chi connectivity index (χ1n) is 4.82. The van der Waals surface area contributed by atoms with Gasteiger partial charge in [0.25, 0.3) is 0 Å². The van der Waals surface area contributed by atoms with Crippen LogP contribution in [0.25, 0.3) is 16.6 Å². The van der Waals surface area contributed by atoms with E-state index in [2.05, 4.69) is 10.2 Å². The molecule has 2 heterocycles. The molecule has 3 rings (SSSR count). The van der Waals surface area contributed by atoms with E-state index in [1.54, 1.807) is 28.7 Å². The van der Waals surface area contributed by atoms with Gasteiger partial charge in [-0.05, 0) is 24.3 Å². The van der Waals surface area contributed by atoms with E-state index >= 15 is 0 Å². The number of benzene rings is 1. The third-order valence-corrected chi connectivity index (χ3v) is 2.80. The average molecular weight is 248 g/mol. The number of rotatable bonds is 1. The van der Waals surface area contributed by atoms with Crippen molar-refractivity contribution in [3.05, 3.63) is 41.2 Å². The topological polar surface area (TPSA) is 67.5 Å². The van der Waals surface area contributed by atoms with Gasteiger partial charge in [-0.1, -0.05) is 11.6 Å². The molecular formula is C11H6ClN3O2. The van der Waals surface area contributed by atoms with E-state index in [0.29, 0.717) is 10.7 Å². The second-order valence-electron chi connectivity index (χ2n) is 3.59. The zero-order valence-corrected chi connectivity index (χ0v) is 9.22. The molecule has 0 unspecified atom stereocenters. The Kier molecular flexibility index (Phi) is 2.02. The van der Waals surface area contributed by atoms with Crippen molar-refractivity contribution in [2.75, 3.05) is 0 Å². The van der Waals surface area contributed by atoms with Gasteiger partial charge in [0.15, 0.2) is 5.65 Å². The third-order valence-electron chi connectivity index (χ3n) is 2.57. The number of halogens is 1. The maximum absolute atomic E-state index is 11.1. The van der Waals surface area contributed by atoms with Crippen molar-refractivity contribution in [3.8, 4) is 0 Å². The van der Waals surface area contributed by atoms with Gasteiger partial charge in [-0.25, -0.2) is 4.79 Å². The van der Waals surface area contributed by atoms with Crippen LogP contribution in [0, 0.1) is 0 Å². The summed E-state index contributed by atoms with van der Waals surface area (Å²) >= 11 is 5.89. The number of aromatic nitrogens is 3. The highest BCUT2D eigenvalue weighted by molar-refractivity contribution is 6.31. The lowest BCUT2D eigenvalue weighted by molar-refractivity contribution is 0.0698. The smallest absolute Gasteiger partial charge is 0.339 e. The third kappa shape index (κ3) is 1.43. The molecule has 1 N–H and O–H groups in total. The summed E-state index contributed by atoms with van der Waals surface area (Å²) in [5.41, 5.74) is 1.25. The standard InChI is InChI=1S/C11H6ClN3O2/c12-7-1-2-9-6(3-7)4-8(11(16)17)10-14-13-5-15(9)10/h1-5H,(H,16,17). The quantitative estimate of drug-likeness (QED) is 0.716. The number of aromatic carboxylic acids is 1. The Morgan fingerprint density at radius 1 is 1.35 bits per heavy atom. The molecule has 0 fully saturated rings. The minimum atomic E-state index is -1.04. The lowest BCUT2D eigenvalue weighted by atomic mass is 10.1. The zero-order chi connectivity index (χ0) is 12.0. The SMILES string of the molecule is O=C(O)c1cc2cc(Cl)ccc2n2cnnc12. The van der Waals surface area contributed by atoms with Crippen LogP contribution in [0.5, 0.6) is 0 Å². The van der Waals surface area contributed by atoms with E-state index in [4.69, 9.17) is 16.7 Å². The number of carbonyl (C=O) groups is 1. The monoisotopic (exact) mass is 247 g/mol. The molecule has 6 heteroatoms. The molecule has 1 aromatic carbocycles. The molecule has 0 atom stereocenters. The first kappa shape index (κ1) is 10.0. The van der Waals surface area contributed by atoms with E-state index in [-0.39, 0.29) is 5.56 Å². The van der Waals surface area contributed by atoms with E-state index in [1.807, 2.05) is 0 Å². The molecule has 0 saturated carbocycles. The summed E-state index contributed by atoms with van der Waals surface area (Å²) in [6.45, 7) is 0. The fraction of sp³-hybridized carbons (Fsp3) is 0. The van der Waals surface area contributed by atoms with Crippen LogP contribution in [-0.2, 0) is 0 Å². The van der Waals surface area contributed by atoms with E-state index in [9.17, 15) is 4.79 Å². The molecule has 0 aliphatic carbocycles. The molecule has 0 amide bonds. The van der Waals surface area contributed by atoms with Gasteiger partial charge in [0.2, 0.25) is 0 Å². The largest absolute Gasteiger partial charge is 0.478 e. The van der Waals surface area contributed by atoms with E-state index < -0.39 is 5.97 Å². The maximum Gasteiger partial charge on any atom is 0.339 e. The molecule has 0 spiro atoms. The number of carboxylic acid groups (broad SMARTS) is 1. The molecule has 2 aromatic heterocycles. The molecule has 17 heavy (non-hydrogen) atoms. The van der Waals surface area contributed by atoms with Crippen LogP contribution in [0.3, 0.4) is 0 Å². The Bertz CT molecular complexity index is 751. The Balaban J connectivity index is 2.55. The highest BCUT2D eigenvalue weighted by atomic mass is 35.5. The summed E-state index contributed by atoms with van der Waals surface area (Å²) in [5, 5.41) is 18.0. The average Bonchev–Trinajstić information content (AvgIpc) is 2.76. The first-order chi connectivity index (χ1) is 8.16. The second kappa shape index (κ2) is 3.43. The summed E-state index contributed by atoms with van der Waals surface area (Å²) in [4.78, 5) is 11.1. The van der Waals surface area contributed by atoms with Crippen LogP contribution in [0.15, 0.2) is 30.6 Å². The number of hydrogen-bond donors (Lipinski definition) is 1. The molecule has 5 nitrogen and oxygen atoms in total. The van der Waals surface area contributed by atoms with Gasteiger partial charge in [0.05, 0.1) is 5.52 Å². The van der Waals surface area contributed by atoms with Crippen molar-refractivity contribution >= 4 is 34.1 Å². The van der Waals surface area contributed by atoms with Gasteiger partial charge < -0.3 is 5.11 Å². The highest BCUT2D eigenvalue weighted by Crippen LogP contribution is 2.23. The van der Waals surface area contributed by atoms with E-state index in [1.165, 1.54) is 6.33 Å². The van der Waals surface area contributed by atoms with Crippen LogP contribution < -0.4 is 0 Å². The Morgan fingerprint density at radius 2 is 2.18 bits per heavy atom. The zero-order valence-electron chi connectivity index (χ0n) is 8.46. The highest BCUT2D eigenvalue weighted by Gasteiger charge is 2.13. The Labute approximate surface area is 100 Å². The molecule has 0 aliphatic rings. The van der Waals surface area contributed by atoms with Gasteiger partial charge in [0, 0.05) is 10.4 Å². The normalized spacial score (nSPS) is 11.1. The van der Waals surface area contributed by atoms with Crippen molar-refractivity contribution in [1.82, 2.24) is 14.6 Å². The molecule has 84 valence electrons. The summed E-state index contributed by atoms with van der Waals surface area (Å²) < 4.78 is 1.63. The summed E-state index contributed by atoms with van der Waals surface area (Å²) in [6.07, 6.45) is 1.48. The van der Waals surface area contributed by atoms with Crippen molar-refractivity contribution in [3.63, 3.8) is 0 Å². The predicted molar refractivity (Wildman–Crippen MR) is 62.5 cm³/mol.